The molecule has 4 nitrogen and oxygen atoms in total. The second kappa shape index (κ2) is 5.46. The molecule has 80 valence electrons. The lowest BCUT2D eigenvalue weighted by atomic mass is 10.4. The van der Waals surface area contributed by atoms with E-state index >= 15 is 0 Å². The number of hydrogen-bond donors (Lipinski definition) is 1. The predicted molar refractivity (Wildman–Crippen MR) is 58.6 cm³/mol. The van der Waals surface area contributed by atoms with Crippen LogP contribution < -0.4 is 0 Å². The van der Waals surface area contributed by atoms with Crippen LogP contribution in [-0.4, -0.2) is 31.3 Å². The van der Waals surface area contributed by atoms with E-state index in [-0.39, 0.29) is 0 Å². The largest absolute Gasteiger partial charge is 0.390 e. The lowest BCUT2D eigenvalue weighted by molar-refractivity contribution is 0.172. The van der Waals surface area contributed by atoms with Crippen LogP contribution in [0.2, 0.25) is 0 Å². The molecule has 0 bridgehead atoms. The Morgan fingerprint density at radius 2 is 2.14 bits per heavy atom. The van der Waals surface area contributed by atoms with Gasteiger partial charge in [0.25, 0.3) is 0 Å². The molecule has 0 saturated carbocycles. The summed E-state index contributed by atoms with van der Waals surface area (Å²) >= 11 is 3.23. The van der Waals surface area contributed by atoms with Crippen molar-refractivity contribution in [2.45, 2.75) is 39.3 Å². The highest BCUT2D eigenvalue weighted by Crippen LogP contribution is 2.03. The fraction of sp³-hybridized carbons (Fsp3) is 0.778. The summed E-state index contributed by atoms with van der Waals surface area (Å²) in [6.45, 7) is 4.59. The van der Waals surface area contributed by atoms with E-state index in [1.54, 1.807) is 4.68 Å². The molecule has 0 aliphatic rings. The number of aliphatic hydroxyl groups excluding tert-OH is 1. The van der Waals surface area contributed by atoms with Crippen molar-refractivity contribution in [3.8, 4) is 0 Å². The maximum Gasteiger partial charge on any atom is 0.150 e. The Kier molecular flexibility index (Phi) is 4.54. The van der Waals surface area contributed by atoms with Crippen LogP contribution in [0.3, 0.4) is 0 Å². The lowest BCUT2D eigenvalue weighted by Crippen LogP contribution is -2.19. The van der Waals surface area contributed by atoms with Crippen molar-refractivity contribution < 1.29 is 5.11 Å². The van der Waals surface area contributed by atoms with Gasteiger partial charge in [-0.15, -0.1) is 0 Å². The molecule has 1 atom stereocenters. The SMILES string of the molecule is CCc1nc(CC)n(CC(O)CBr)n1. The van der Waals surface area contributed by atoms with E-state index in [1.165, 1.54) is 0 Å². The van der Waals surface area contributed by atoms with Gasteiger partial charge in [0.05, 0.1) is 12.6 Å². The van der Waals surface area contributed by atoms with Gasteiger partial charge in [0.15, 0.2) is 5.82 Å². The van der Waals surface area contributed by atoms with Crippen LogP contribution in [0.5, 0.6) is 0 Å². The van der Waals surface area contributed by atoms with E-state index in [1.807, 2.05) is 13.8 Å². The van der Waals surface area contributed by atoms with Crippen molar-refractivity contribution in [1.82, 2.24) is 14.8 Å². The molecule has 0 aromatic carbocycles. The molecule has 0 amide bonds. The van der Waals surface area contributed by atoms with Crippen LogP contribution in [-0.2, 0) is 19.4 Å². The van der Waals surface area contributed by atoms with Crippen LogP contribution in [0.4, 0.5) is 0 Å². The highest BCUT2D eigenvalue weighted by molar-refractivity contribution is 9.09. The van der Waals surface area contributed by atoms with Crippen molar-refractivity contribution >= 4 is 15.9 Å². The number of nitrogens with zero attached hydrogens (tertiary/aromatic N) is 3. The minimum Gasteiger partial charge on any atom is -0.390 e. The molecule has 0 aliphatic carbocycles. The van der Waals surface area contributed by atoms with Gasteiger partial charge in [-0.05, 0) is 0 Å². The van der Waals surface area contributed by atoms with E-state index in [9.17, 15) is 5.11 Å². The lowest BCUT2D eigenvalue weighted by Gasteiger charge is -2.08. The Hall–Kier alpha value is -0.420. The van der Waals surface area contributed by atoms with Crippen molar-refractivity contribution in [1.29, 1.82) is 0 Å². The van der Waals surface area contributed by atoms with Gasteiger partial charge in [0.2, 0.25) is 0 Å². The van der Waals surface area contributed by atoms with Crippen LogP contribution in [0.25, 0.3) is 0 Å². The Morgan fingerprint density at radius 3 is 2.64 bits per heavy atom. The molecule has 1 unspecified atom stereocenters. The average molecular weight is 262 g/mol. The van der Waals surface area contributed by atoms with Gasteiger partial charge in [-0.25, -0.2) is 9.67 Å². The van der Waals surface area contributed by atoms with Crippen molar-refractivity contribution in [2.24, 2.45) is 0 Å². The van der Waals surface area contributed by atoms with Gasteiger partial charge in [0, 0.05) is 18.2 Å². The summed E-state index contributed by atoms with van der Waals surface area (Å²) in [7, 11) is 0. The number of hydrogen-bond acceptors (Lipinski definition) is 3. The molecule has 1 N–H and O–H groups in total. The monoisotopic (exact) mass is 261 g/mol. The third-order valence-electron chi connectivity index (χ3n) is 1.99. The molecule has 1 aromatic heterocycles. The number of rotatable bonds is 5. The number of aryl methyl sites for hydroxylation is 2. The second-order valence-electron chi connectivity index (χ2n) is 3.14. The maximum atomic E-state index is 9.48. The molecule has 1 aromatic rings. The molecule has 0 fully saturated rings. The first-order valence-electron chi connectivity index (χ1n) is 4.87. The van der Waals surface area contributed by atoms with Crippen LogP contribution >= 0.6 is 15.9 Å². The molecule has 0 radical (unpaired) electrons. The normalized spacial score (nSPS) is 13.1. The summed E-state index contributed by atoms with van der Waals surface area (Å²) in [5, 5.41) is 14.4. The smallest absolute Gasteiger partial charge is 0.150 e. The Balaban J connectivity index is 2.78. The summed E-state index contributed by atoms with van der Waals surface area (Å²) in [4.78, 5) is 4.36. The number of halogens is 1. The molecule has 0 aliphatic heterocycles. The minimum absolute atomic E-state index is 0.397. The Morgan fingerprint density at radius 1 is 1.43 bits per heavy atom. The average Bonchev–Trinajstić information content (AvgIpc) is 2.60. The zero-order chi connectivity index (χ0) is 10.6. The molecular weight excluding hydrogens is 246 g/mol. The first kappa shape index (κ1) is 11.7. The quantitative estimate of drug-likeness (QED) is 0.810. The summed E-state index contributed by atoms with van der Waals surface area (Å²) < 4.78 is 1.80. The van der Waals surface area contributed by atoms with Crippen molar-refractivity contribution in [3.05, 3.63) is 11.6 Å². The van der Waals surface area contributed by atoms with Gasteiger partial charge in [-0.3, -0.25) is 0 Å². The number of aromatic nitrogens is 3. The molecular formula is C9H16BrN3O. The van der Waals surface area contributed by atoms with Gasteiger partial charge < -0.3 is 5.11 Å². The third kappa shape index (κ3) is 2.78. The second-order valence-corrected chi connectivity index (χ2v) is 3.79. The van der Waals surface area contributed by atoms with Gasteiger partial charge >= 0.3 is 0 Å². The number of alkyl halides is 1. The highest BCUT2D eigenvalue weighted by atomic mass is 79.9. The zero-order valence-electron chi connectivity index (χ0n) is 8.57. The van der Waals surface area contributed by atoms with Gasteiger partial charge in [0.1, 0.15) is 5.82 Å². The van der Waals surface area contributed by atoms with E-state index < -0.39 is 6.10 Å². The third-order valence-corrected chi connectivity index (χ3v) is 2.73. The highest BCUT2D eigenvalue weighted by Gasteiger charge is 2.10. The summed E-state index contributed by atoms with van der Waals surface area (Å²) in [5.74, 6) is 1.80. The van der Waals surface area contributed by atoms with Crippen LogP contribution in [0.1, 0.15) is 25.5 Å². The maximum absolute atomic E-state index is 9.48. The van der Waals surface area contributed by atoms with E-state index in [4.69, 9.17) is 0 Å². The molecule has 1 heterocycles. The molecule has 0 saturated heterocycles. The Bertz CT molecular complexity index is 288. The van der Waals surface area contributed by atoms with E-state index in [0.29, 0.717) is 11.9 Å². The van der Waals surface area contributed by atoms with Crippen molar-refractivity contribution in [2.75, 3.05) is 5.33 Å². The number of aliphatic hydroxyl groups is 1. The van der Waals surface area contributed by atoms with Gasteiger partial charge in [-0.2, -0.15) is 5.10 Å². The zero-order valence-corrected chi connectivity index (χ0v) is 10.2. The van der Waals surface area contributed by atoms with Crippen LogP contribution in [0, 0.1) is 0 Å². The standard InChI is InChI=1S/C9H16BrN3O/c1-3-8-11-9(4-2)13(12-8)6-7(14)5-10/h7,14H,3-6H2,1-2H3. The van der Waals surface area contributed by atoms with Crippen molar-refractivity contribution in [3.63, 3.8) is 0 Å². The van der Waals surface area contributed by atoms with E-state index in [0.717, 1.165) is 24.5 Å². The summed E-state index contributed by atoms with van der Waals surface area (Å²) in [6, 6.07) is 0. The summed E-state index contributed by atoms with van der Waals surface area (Å²) in [5.41, 5.74) is 0. The summed E-state index contributed by atoms with van der Waals surface area (Å²) in [6.07, 6.45) is 1.29. The molecule has 14 heavy (non-hydrogen) atoms. The molecule has 1 rings (SSSR count). The van der Waals surface area contributed by atoms with E-state index in [2.05, 4.69) is 26.0 Å². The predicted octanol–water partition coefficient (Wildman–Crippen LogP) is 1.16. The molecule has 0 spiro atoms. The minimum atomic E-state index is -0.397. The molecule has 5 heteroatoms. The fourth-order valence-corrected chi connectivity index (χ4v) is 1.44. The topological polar surface area (TPSA) is 50.9 Å². The first-order chi connectivity index (χ1) is 6.71. The Labute approximate surface area is 92.5 Å². The first-order valence-corrected chi connectivity index (χ1v) is 6.00. The van der Waals surface area contributed by atoms with Gasteiger partial charge in [-0.1, -0.05) is 29.8 Å². The van der Waals surface area contributed by atoms with Crippen LogP contribution in [0.15, 0.2) is 0 Å². The fourth-order valence-electron chi connectivity index (χ4n) is 1.23.